The fraction of sp³-hybridized carbons (Fsp3) is 0.500. The lowest BCUT2D eigenvalue weighted by Crippen LogP contribution is -2.43. The van der Waals surface area contributed by atoms with E-state index < -0.39 is 0 Å². The van der Waals surface area contributed by atoms with Gasteiger partial charge in [0.2, 0.25) is 5.91 Å². The lowest BCUT2D eigenvalue weighted by Gasteiger charge is -2.33. The first-order valence-electron chi connectivity index (χ1n) is 6.30. The number of likely N-dealkylation sites (N-methyl/N-ethyl adjacent to an activating group) is 1. The Kier molecular flexibility index (Phi) is 5.31. The maximum Gasteiger partial charge on any atom is 0.231 e. The van der Waals surface area contributed by atoms with Crippen LogP contribution in [0.25, 0.3) is 0 Å². The van der Waals surface area contributed by atoms with Crippen molar-refractivity contribution in [3.8, 4) is 0 Å². The summed E-state index contributed by atoms with van der Waals surface area (Å²) in [4.78, 5) is 13.1. The monoisotopic (exact) mass is 249 g/mol. The molecule has 1 amide bonds. The zero-order chi connectivity index (χ0) is 13.7. The largest absolute Gasteiger partial charge is 0.369 e. The molecule has 0 fully saturated rings. The van der Waals surface area contributed by atoms with Gasteiger partial charge in [0.05, 0.1) is 12.6 Å². The first kappa shape index (κ1) is 14.7. The van der Waals surface area contributed by atoms with E-state index in [4.69, 9.17) is 11.5 Å². The molecule has 1 rings (SSSR count). The second-order valence-electron chi connectivity index (χ2n) is 4.75. The summed E-state index contributed by atoms with van der Waals surface area (Å²) < 4.78 is 0. The van der Waals surface area contributed by atoms with Crippen LogP contribution in [0.5, 0.6) is 0 Å². The maximum atomic E-state index is 11.1. The third kappa shape index (κ3) is 3.82. The molecule has 4 nitrogen and oxygen atoms in total. The molecule has 0 saturated heterocycles. The second kappa shape index (κ2) is 6.52. The summed E-state index contributed by atoms with van der Waals surface area (Å²) in [6.45, 7) is 6.98. The summed E-state index contributed by atoms with van der Waals surface area (Å²) in [5, 5.41) is 0. The van der Waals surface area contributed by atoms with Crippen LogP contribution in [0.3, 0.4) is 0 Å². The molecule has 0 spiro atoms. The Labute approximate surface area is 109 Å². The van der Waals surface area contributed by atoms with Gasteiger partial charge in [-0.1, -0.05) is 36.8 Å². The molecule has 0 aliphatic carbocycles. The van der Waals surface area contributed by atoms with Gasteiger partial charge < -0.3 is 11.5 Å². The standard InChI is InChI=1S/C14H23N3O/c1-4-17(9-13(16)18)14(11(3)15)12-7-5-6-10(2)8-12/h5-8,11,14H,4,9,15H2,1-3H3,(H2,16,18). The molecule has 1 aromatic carbocycles. The van der Waals surface area contributed by atoms with E-state index in [1.165, 1.54) is 5.56 Å². The number of rotatable bonds is 6. The predicted octanol–water partition coefficient (Wildman–Crippen LogP) is 1.19. The Balaban J connectivity index is 3.04. The average Bonchev–Trinajstić information content (AvgIpc) is 2.27. The zero-order valence-corrected chi connectivity index (χ0v) is 11.4. The number of nitrogens with two attached hydrogens (primary N) is 2. The summed E-state index contributed by atoms with van der Waals surface area (Å²) in [5.41, 5.74) is 13.7. The minimum absolute atomic E-state index is 0.0161. The topological polar surface area (TPSA) is 72.3 Å². The first-order chi connectivity index (χ1) is 8.45. The SMILES string of the molecule is CCN(CC(N)=O)C(c1cccc(C)c1)C(C)N. The molecule has 18 heavy (non-hydrogen) atoms. The van der Waals surface area contributed by atoms with Gasteiger partial charge >= 0.3 is 0 Å². The molecule has 0 radical (unpaired) electrons. The molecule has 0 heterocycles. The minimum atomic E-state index is -0.324. The van der Waals surface area contributed by atoms with E-state index in [9.17, 15) is 4.79 Å². The van der Waals surface area contributed by atoms with Crippen LogP contribution >= 0.6 is 0 Å². The predicted molar refractivity (Wildman–Crippen MR) is 74.0 cm³/mol. The average molecular weight is 249 g/mol. The van der Waals surface area contributed by atoms with Gasteiger partial charge in [-0.3, -0.25) is 9.69 Å². The van der Waals surface area contributed by atoms with Crippen LogP contribution in [0.2, 0.25) is 0 Å². The van der Waals surface area contributed by atoms with E-state index in [0.717, 1.165) is 12.1 Å². The molecule has 4 heteroatoms. The molecule has 1 aromatic rings. The van der Waals surface area contributed by atoms with Crippen LogP contribution in [0.1, 0.15) is 31.0 Å². The number of aryl methyl sites for hydroxylation is 1. The van der Waals surface area contributed by atoms with Gasteiger partial charge in [0.15, 0.2) is 0 Å². The van der Waals surface area contributed by atoms with Gasteiger partial charge in [-0.15, -0.1) is 0 Å². The van der Waals surface area contributed by atoms with Crippen molar-refractivity contribution in [1.82, 2.24) is 4.90 Å². The van der Waals surface area contributed by atoms with Crippen molar-refractivity contribution in [2.75, 3.05) is 13.1 Å². The van der Waals surface area contributed by atoms with Crippen molar-refractivity contribution < 1.29 is 4.79 Å². The quantitative estimate of drug-likeness (QED) is 0.795. The summed E-state index contributed by atoms with van der Waals surface area (Å²) >= 11 is 0. The normalized spacial score (nSPS) is 14.5. The van der Waals surface area contributed by atoms with E-state index in [-0.39, 0.29) is 24.5 Å². The van der Waals surface area contributed by atoms with E-state index in [0.29, 0.717) is 0 Å². The Hall–Kier alpha value is -1.39. The van der Waals surface area contributed by atoms with Crippen LogP contribution in [0.4, 0.5) is 0 Å². The lowest BCUT2D eigenvalue weighted by molar-refractivity contribution is -0.119. The number of carbonyl (C=O) groups excluding carboxylic acids is 1. The fourth-order valence-corrected chi connectivity index (χ4v) is 2.31. The number of amides is 1. The summed E-state index contributed by atoms with van der Waals surface area (Å²) in [6, 6.07) is 8.17. The highest BCUT2D eigenvalue weighted by Gasteiger charge is 2.24. The molecule has 0 saturated carbocycles. The van der Waals surface area contributed by atoms with Gasteiger partial charge in [-0.05, 0) is 26.0 Å². The molecule has 0 aliphatic heterocycles. The molecule has 2 atom stereocenters. The molecule has 0 aliphatic rings. The third-order valence-corrected chi connectivity index (χ3v) is 3.04. The Morgan fingerprint density at radius 1 is 1.44 bits per heavy atom. The van der Waals surface area contributed by atoms with Gasteiger partial charge in [0, 0.05) is 6.04 Å². The number of nitrogens with zero attached hydrogens (tertiary/aromatic N) is 1. The highest BCUT2D eigenvalue weighted by Crippen LogP contribution is 2.23. The minimum Gasteiger partial charge on any atom is -0.369 e. The third-order valence-electron chi connectivity index (χ3n) is 3.04. The number of hydrogen-bond donors (Lipinski definition) is 2. The Morgan fingerprint density at radius 3 is 2.56 bits per heavy atom. The molecule has 2 unspecified atom stereocenters. The highest BCUT2D eigenvalue weighted by atomic mass is 16.1. The van der Waals surface area contributed by atoms with Gasteiger partial charge in [0.1, 0.15) is 0 Å². The lowest BCUT2D eigenvalue weighted by atomic mass is 9.97. The first-order valence-corrected chi connectivity index (χ1v) is 6.30. The van der Waals surface area contributed by atoms with Crippen molar-refractivity contribution in [3.63, 3.8) is 0 Å². The molecule has 4 N–H and O–H groups in total. The fourth-order valence-electron chi connectivity index (χ4n) is 2.31. The van der Waals surface area contributed by atoms with Crippen LogP contribution in [-0.4, -0.2) is 29.9 Å². The van der Waals surface area contributed by atoms with Crippen LogP contribution in [0, 0.1) is 6.92 Å². The van der Waals surface area contributed by atoms with Gasteiger partial charge in [0.25, 0.3) is 0 Å². The van der Waals surface area contributed by atoms with Gasteiger partial charge in [-0.2, -0.15) is 0 Å². The number of hydrogen-bond acceptors (Lipinski definition) is 3. The summed E-state index contributed by atoms with van der Waals surface area (Å²) in [7, 11) is 0. The molecular formula is C14H23N3O. The van der Waals surface area contributed by atoms with Crippen molar-refractivity contribution >= 4 is 5.91 Å². The number of primary amides is 1. The van der Waals surface area contributed by atoms with E-state index in [2.05, 4.69) is 6.07 Å². The van der Waals surface area contributed by atoms with Crippen molar-refractivity contribution in [2.24, 2.45) is 11.5 Å². The smallest absolute Gasteiger partial charge is 0.231 e. The van der Waals surface area contributed by atoms with Crippen molar-refractivity contribution in [3.05, 3.63) is 35.4 Å². The Bertz CT molecular complexity index is 404. The van der Waals surface area contributed by atoms with Crippen LogP contribution in [0.15, 0.2) is 24.3 Å². The number of carbonyl (C=O) groups is 1. The van der Waals surface area contributed by atoms with Crippen molar-refractivity contribution in [2.45, 2.75) is 32.9 Å². The highest BCUT2D eigenvalue weighted by molar-refractivity contribution is 5.76. The molecule has 100 valence electrons. The maximum absolute atomic E-state index is 11.1. The Morgan fingerprint density at radius 2 is 2.11 bits per heavy atom. The zero-order valence-electron chi connectivity index (χ0n) is 11.4. The van der Waals surface area contributed by atoms with Crippen LogP contribution in [-0.2, 0) is 4.79 Å². The molecular weight excluding hydrogens is 226 g/mol. The second-order valence-corrected chi connectivity index (χ2v) is 4.75. The van der Waals surface area contributed by atoms with E-state index in [1.807, 2.05) is 43.9 Å². The summed E-state index contributed by atoms with van der Waals surface area (Å²) in [6.07, 6.45) is 0. The molecule has 0 aromatic heterocycles. The van der Waals surface area contributed by atoms with Crippen molar-refractivity contribution in [1.29, 1.82) is 0 Å². The number of benzene rings is 1. The van der Waals surface area contributed by atoms with E-state index in [1.54, 1.807) is 0 Å². The van der Waals surface area contributed by atoms with Gasteiger partial charge in [-0.25, -0.2) is 0 Å². The molecule has 0 bridgehead atoms. The van der Waals surface area contributed by atoms with Crippen LogP contribution < -0.4 is 11.5 Å². The summed E-state index contributed by atoms with van der Waals surface area (Å²) in [5.74, 6) is -0.324. The van der Waals surface area contributed by atoms with E-state index >= 15 is 0 Å².